The minimum absolute atomic E-state index is 0.0180. The van der Waals surface area contributed by atoms with Gasteiger partial charge in [-0.15, -0.1) is 11.3 Å². The number of thiophene rings is 1. The van der Waals surface area contributed by atoms with Gasteiger partial charge in [-0.05, 0) is 48.1 Å². The van der Waals surface area contributed by atoms with Gasteiger partial charge in [0, 0.05) is 23.8 Å². The van der Waals surface area contributed by atoms with Crippen LogP contribution in [0.1, 0.15) is 32.3 Å². The first-order valence-corrected chi connectivity index (χ1v) is 8.35. The minimum atomic E-state index is 0.0180. The highest BCUT2D eigenvalue weighted by Gasteiger charge is 2.13. The van der Waals surface area contributed by atoms with Crippen LogP contribution in [0.4, 0.5) is 0 Å². The van der Waals surface area contributed by atoms with Gasteiger partial charge in [-0.2, -0.15) is 0 Å². The first-order valence-electron chi connectivity index (χ1n) is 7.47. The molecule has 2 aromatic rings. The Labute approximate surface area is 130 Å². The van der Waals surface area contributed by atoms with Gasteiger partial charge < -0.3 is 10.4 Å². The zero-order valence-corrected chi connectivity index (χ0v) is 13.5. The van der Waals surface area contributed by atoms with Crippen molar-refractivity contribution < 1.29 is 9.90 Å². The topological polar surface area (TPSA) is 49.3 Å². The fourth-order valence-corrected chi connectivity index (χ4v) is 3.29. The monoisotopic (exact) mass is 305 g/mol. The summed E-state index contributed by atoms with van der Waals surface area (Å²) in [5.74, 6) is 0.164. The zero-order chi connectivity index (χ0) is 15.2. The Morgan fingerprint density at radius 1 is 1.33 bits per heavy atom. The molecule has 1 amide bonds. The van der Waals surface area contributed by atoms with Gasteiger partial charge in [0.1, 0.15) is 0 Å². The van der Waals surface area contributed by atoms with Crippen molar-refractivity contribution in [3.63, 3.8) is 0 Å². The first kappa shape index (κ1) is 16.0. The second-order valence-electron chi connectivity index (χ2n) is 5.63. The number of benzene rings is 1. The fraction of sp³-hybridized carbons (Fsp3) is 0.471. The molecule has 0 saturated carbocycles. The summed E-state index contributed by atoms with van der Waals surface area (Å²) in [6.45, 7) is 3.97. The molecule has 0 spiro atoms. The summed E-state index contributed by atoms with van der Waals surface area (Å²) in [7, 11) is 0. The van der Waals surface area contributed by atoms with Crippen molar-refractivity contribution in [1.29, 1.82) is 0 Å². The molecular weight excluding hydrogens is 282 g/mol. The fourth-order valence-electron chi connectivity index (χ4n) is 2.29. The van der Waals surface area contributed by atoms with Crippen LogP contribution in [0.5, 0.6) is 0 Å². The number of rotatable bonds is 7. The van der Waals surface area contributed by atoms with Crippen LogP contribution in [0, 0.1) is 5.92 Å². The summed E-state index contributed by atoms with van der Waals surface area (Å²) in [5, 5.41) is 15.5. The maximum absolute atomic E-state index is 11.9. The molecule has 2 atom stereocenters. The van der Waals surface area contributed by atoms with Crippen molar-refractivity contribution in [1.82, 2.24) is 5.32 Å². The second-order valence-corrected chi connectivity index (χ2v) is 6.54. The number of amides is 1. The van der Waals surface area contributed by atoms with E-state index in [0.717, 1.165) is 12.8 Å². The van der Waals surface area contributed by atoms with Gasteiger partial charge in [-0.25, -0.2) is 0 Å². The third-order valence-electron chi connectivity index (χ3n) is 3.94. The van der Waals surface area contributed by atoms with E-state index in [4.69, 9.17) is 5.11 Å². The lowest BCUT2D eigenvalue weighted by Crippen LogP contribution is -2.38. The lowest BCUT2D eigenvalue weighted by atomic mass is 10.0. The molecule has 1 heterocycles. The lowest BCUT2D eigenvalue weighted by molar-refractivity contribution is -0.122. The zero-order valence-electron chi connectivity index (χ0n) is 12.6. The average molecular weight is 305 g/mol. The third-order valence-corrected chi connectivity index (χ3v) is 4.95. The molecule has 3 nitrogen and oxygen atoms in total. The average Bonchev–Trinajstić information content (AvgIpc) is 2.90. The highest BCUT2D eigenvalue weighted by atomic mass is 32.1. The summed E-state index contributed by atoms with van der Waals surface area (Å²) in [4.78, 5) is 11.9. The molecule has 0 bridgehead atoms. The van der Waals surface area contributed by atoms with Gasteiger partial charge in [0.15, 0.2) is 0 Å². The van der Waals surface area contributed by atoms with E-state index in [-0.39, 0.29) is 24.5 Å². The van der Waals surface area contributed by atoms with Crippen LogP contribution in [0.3, 0.4) is 0 Å². The predicted octanol–water partition coefficient (Wildman–Crippen LogP) is 3.36. The summed E-state index contributed by atoms with van der Waals surface area (Å²) >= 11 is 1.76. The van der Waals surface area contributed by atoms with Gasteiger partial charge >= 0.3 is 0 Å². The van der Waals surface area contributed by atoms with Crippen molar-refractivity contribution in [2.24, 2.45) is 5.92 Å². The first-order chi connectivity index (χ1) is 10.1. The second kappa shape index (κ2) is 7.57. The lowest BCUT2D eigenvalue weighted by Gasteiger charge is -2.19. The Kier molecular flexibility index (Phi) is 5.76. The number of hydrogen-bond acceptors (Lipinski definition) is 3. The Hall–Kier alpha value is -1.39. The molecule has 1 aromatic carbocycles. The van der Waals surface area contributed by atoms with Crippen molar-refractivity contribution in [3.8, 4) is 0 Å². The smallest absolute Gasteiger partial charge is 0.220 e. The van der Waals surface area contributed by atoms with E-state index >= 15 is 0 Å². The number of carbonyl (C=O) groups excluding carboxylic acids is 1. The maximum atomic E-state index is 11.9. The number of nitrogens with one attached hydrogen (secondary N) is 1. The van der Waals surface area contributed by atoms with E-state index in [1.165, 1.54) is 15.6 Å². The molecule has 0 fully saturated rings. The number of aryl methyl sites for hydroxylation is 1. The number of aliphatic hydroxyl groups excluding tert-OH is 1. The molecule has 0 aliphatic rings. The standard InChI is InChI=1S/C17H23NO2S/c1-12(10-19)13(2)18-17(20)9-5-6-14-11-21-16-8-4-3-7-15(14)16/h3-4,7-8,11-13,19H,5-6,9-10H2,1-2H3,(H,18,20). The predicted molar refractivity (Wildman–Crippen MR) is 88.6 cm³/mol. The Bertz CT molecular complexity index is 593. The van der Waals surface area contributed by atoms with E-state index in [2.05, 4.69) is 35.0 Å². The van der Waals surface area contributed by atoms with Crippen molar-refractivity contribution in [3.05, 3.63) is 35.2 Å². The van der Waals surface area contributed by atoms with Crippen molar-refractivity contribution in [2.75, 3.05) is 6.61 Å². The van der Waals surface area contributed by atoms with E-state index < -0.39 is 0 Å². The molecule has 0 saturated heterocycles. The number of carbonyl (C=O) groups is 1. The molecule has 2 unspecified atom stereocenters. The molecule has 0 radical (unpaired) electrons. The molecule has 4 heteroatoms. The van der Waals surface area contributed by atoms with Crippen LogP contribution >= 0.6 is 11.3 Å². The van der Waals surface area contributed by atoms with Gasteiger partial charge in [0.05, 0.1) is 0 Å². The Morgan fingerprint density at radius 3 is 2.86 bits per heavy atom. The quantitative estimate of drug-likeness (QED) is 0.824. The van der Waals surface area contributed by atoms with E-state index in [1.807, 2.05) is 13.8 Å². The number of aliphatic hydroxyl groups is 1. The Morgan fingerprint density at radius 2 is 2.10 bits per heavy atom. The molecule has 2 rings (SSSR count). The van der Waals surface area contributed by atoms with E-state index in [9.17, 15) is 4.79 Å². The Balaban J connectivity index is 1.80. The molecule has 21 heavy (non-hydrogen) atoms. The van der Waals surface area contributed by atoms with Gasteiger partial charge in [0.2, 0.25) is 5.91 Å². The van der Waals surface area contributed by atoms with Gasteiger partial charge in [0.25, 0.3) is 0 Å². The molecular formula is C17H23NO2S. The minimum Gasteiger partial charge on any atom is -0.396 e. The third kappa shape index (κ3) is 4.29. The normalized spacial score (nSPS) is 14.0. The van der Waals surface area contributed by atoms with Crippen molar-refractivity contribution >= 4 is 27.3 Å². The van der Waals surface area contributed by atoms with Gasteiger partial charge in [-0.1, -0.05) is 25.1 Å². The van der Waals surface area contributed by atoms with Gasteiger partial charge in [-0.3, -0.25) is 4.79 Å². The van der Waals surface area contributed by atoms with Crippen LogP contribution in [-0.2, 0) is 11.2 Å². The highest BCUT2D eigenvalue weighted by Crippen LogP contribution is 2.26. The SMILES string of the molecule is CC(CO)C(C)NC(=O)CCCc1csc2ccccc12. The summed E-state index contributed by atoms with van der Waals surface area (Å²) in [6, 6.07) is 8.41. The molecule has 0 aliphatic heterocycles. The molecule has 0 aliphatic carbocycles. The van der Waals surface area contributed by atoms with Crippen molar-refractivity contribution in [2.45, 2.75) is 39.2 Å². The summed E-state index contributed by atoms with van der Waals surface area (Å²) in [6.07, 6.45) is 2.32. The van der Waals surface area contributed by atoms with Crippen LogP contribution in [0.2, 0.25) is 0 Å². The maximum Gasteiger partial charge on any atom is 0.220 e. The van der Waals surface area contributed by atoms with Crippen LogP contribution in [-0.4, -0.2) is 23.7 Å². The summed E-state index contributed by atoms with van der Waals surface area (Å²) < 4.78 is 1.31. The molecule has 1 aromatic heterocycles. The number of fused-ring (bicyclic) bond motifs is 1. The van der Waals surface area contributed by atoms with Crippen LogP contribution < -0.4 is 5.32 Å². The number of hydrogen-bond donors (Lipinski definition) is 2. The van der Waals surface area contributed by atoms with E-state index in [1.54, 1.807) is 11.3 Å². The molecule has 2 N–H and O–H groups in total. The molecule has 114 valence electrons. The van der Waals surface area contributed by atoms with E-state index in [0.29, 0.717) is 6.42 Å². The summed E-state index contributed by atoms with van der Waals surface area (Å²) in [5.41, 5.74) is 1.33. The van der Waals surface area contributed by atoms with Crippen LogP contribution in [0.15, 0.2) is 29.6 Å². The van der Waals surface area contributed by atoms with Crippen LogP contribution in [0.25, 0.3) is 10.1 Å². The largest absolute Gasteiger partial charge is 0.396 e. The highest BCUT2D eigenvalue weighted by molar-refractivity contribution is 7.17.